The zero-order valence-electron chi connectivity index (χ0n) is 38.4. The maximum atomic E-state index is 14.1. The molecule has 1 aromatic heterocycles. The van der Waals surface area contributed by atoms with Gasteiger partial charge >= 0.3 is 11.4 Å². The number of carboxylic acid groups (broad SMARTS) is 1. The van der Waals surface area contributed by atoms with Crippen molar-refractivity contribution in [2.75, 3.05) is 44.6 Å². The van der Waals surface area contributed by atoms with Crippen LogP contribution in [0.25, 0.3) is 11.4 Å². The third-order valence-corrected chi connectivity index (χ3v) is 13.0. The van der Waals surface area contributed by atoms with E-state index in [2.05, 4.69) is 25.8 Å². The van der Waals surface area contributed by atoms with E-state index in [4.69, 9.17) is 21.4 Å². The van der Waals surface area contributed by atoms with Crippen LogP contribution < -0.4 is 38.8 Å². The van der Waals surface area contributed by atoms with Crippen LogP contribution in [-0.2, 0) is 25.7 Å². The number of para-hydroxylation sites is 3. The Morgan fingerprint density at radius 2 is 1.35 bits per heavy atom. The topological polar surface area (TPSA) is 261 Å². The van der Waals surface area contributed by atoms with E-state index in [0.29, 0.717) is 62.4 Å². The molecule has 2 aliphatic heterocycles. The molecule has 8 rings (SSSR count). The number of anilines is 1. The van der Waals surface area contributed by atoms with Crippen molar-refractivity contribution in [3.63, 3.8) is 0 Å². The van der Waals surface area contributed by atoms with Crippen molar-refractivity contribution in [2.45, 2.75) is 70.0 Å². The van der Waals surface area contributed by atoms with Gasteiger partial charge in [-0.05, 0) is 78.6 Å². The van der Waals surface area contributed by atoms with Crippen LogP contribution in [0.15, 0.2) is 124 Å². The number of nitrogens with one attached hydrogen (secondary N) is 3. The predicted molar refractivity (Wildman–Crippen MR) is 260 cm³/mol. The number of carbonyl (C=O) groups is 5. The molecule has 2 fully saturated rings. The summed E-state index contributed by atoms with van der Waals surface area (Å²) in [6, 6.07) is 32.1. The van der Waals surface area contributed by atoms with E-state index in [-0.39, 0.29) is 75.1 Å². The molecule has 0 bridgehead atoms. The van der Waals surface area contributed by atoms with Gasteiger partial charge in [0.05, 0.1) is 17.4 Å². The summed E-state index contributed by atoms with van der Waals surface area (Å²) in [6.07, 6.45) is 4.10. The number of aromatic nitrogens is 3. The number of benzene rings is 4. The first-order valence-corrected chi connectivity index (χ1v) is 23.2. The molecular formula is C50H59N11O8. The van der Waals surface area contributed by atoms with Crippen LogP contribution in [0.2, 0.25) is 0 Å². The van der Waals surface area contributed by atoms with Gasteiger partial charge in [0, 0.05) is 69.9 Å². The number of aliphatic imine (C=N–C) groups is 1. The fraction of sp³-hybridized carbons (Fsp3) is 0.360. The Hall–Kier alpha value is -7.80. The lowest BCUT2D eigenvalue weighted by atomic mass is 9.78. The number of nitrogens with two attached hydrogens (primary N) is 2. The van der Waals surface area contributed by atoms with Crippen LogP contribution in [0.4, 0.5) is 5.69 Å². The Balaban J connectivity index is 0.00000228. The molecule has 0 radical (unpaired) electrons. The Labute approximate surface area is 398 Å². The Morgan fingerprint density at radius 3 is 1.96 bits per heavy atom. The van der Waals surface area contributed by atoms with Crippen LogP contribution >= 0.6 is 0 Å². The van der Waals surface area contributed by atoms with E-state index in [1.807, 2.05) is 65.6 Å². The number of amides is 4. The fourth-order valence-electron chi connectivity index (χ4n) is 9.78. The third kappa shape index (κ3) is 11.7. The number of guanidine groups is 1. The standard InChI is InChI=1S/C49H57N11O6.CH2O2/c50-46(51)53-25-13-22-40(45(64)52-26-27-58-47(65)59(34-14-3-1-4-15-34)60(48(58)66)35-16-5-2-6-17-35)54-41(61)32-49(23-11-12-24-49)33-42(62)56-28-30-57(31-29-56)43-36-18-7-8-19-37(36)44(63)55-39-21-10-9-20-38(39)43;2-1-3/h1-10,14-21,40,43H,11-13,22-33H2,(H,52,64)(H,54,61)(H,55,63)(H4,50,51,53);1H,(H,2,3). The summed E-state index contributed by atoms with van der Waals surface area (Å²) >= 11 is 0. The van der Waals surface area contributed by atoms with Crippen molar-refractivity contribution in [1.29, 1.82) is 0 Å². The highest BCUT2D eigenvalue weighted by Gasteiger charge is 2.41. The van der Waals surface area contributed by atoms with Crippen molar-refractivity contribution in [3.8, 4) is 11.4 Å². The summed E-state index contributed by atoms with van der Waals surface area (Å²) in [6.45, 7) is 2.02. The number of hydrogen-bond donors (Lipinski definition) is 6. The van der Waals surface area contributed by atoms with Crippen molar-refractivity contribution in [2.24, 2.45) is 21.9 Å². The highest BCUT2D eigenvalue weighted by Crippen LogP contribution is 2.45. The third-order valence-electron chi connectivity index (χ3n) is 13.0. The number of hydrogen-bond acceptors (Lipinski definition) is 9. The van der Waals surface area contributed by atoms with Crippen molar-refractivity contribution < 1.29 is 29.1 Å². The van der Waals surface area contributed by atoms with E-state index in [0.717, 1.165) is 34.2 Å². The molecule has 362 valence electrons. The monoisotopic (exact) mass is 941 g/mol. The molecule has 1 aliphatic carbocycles. The lowest BCUT2D eigenvalue weighted by molar-refractivity contribution is -0.137. The molecule has 4 aromatic carbocycles. The molecule has 8 N–H and O–H groups in total. The van der Waals surface area contributed by atoms with Crippen LogP contribution in [0.5, 0.6) is 0 Å². The number of carbonyl (C=O) groups excluding carboxylic acids is 4. The number of fused-ring (bicyclic) bond motifs is 2. The molecule has 1 saturated carbocycles. The van der Waals surface area contributed by atoms with Crippen molar-refractivity contribution in [1.82, 2.24) is 34.4 Å². The summed E-state index contributed by atoms with van der Waals surface area (Å²) in [5.74, 6) is -1.06. The minimum absolute atomic E-state index is 0.00273. The van der Waals surface area contributed by atoms with E-state index in [1.54, 1.807) is 48.5 Å². The quantitative estimate of drug-likeness (QED) is 0.0363. The van der Waals surface area contributed by atoms with Gasteiger partial charge in [-0.15, -0.1) is 0 Å². The summed E-state index contributed by atoms with van der Waals surface area (Å²) in [7, 11) is 0. The molecule has 19 nitrogen and oxygen atoms in total. The lowest BCUT2D eigenvalue weighted by Gasteiger charge is -2.41. The zero-order chi connectivity index (χ0) is 48.9. The van der Waals surface area contributed by atoms with Crippen LogP contribution in [-0.4, -0.2) is 110 Å². The van der Waals surface area contributed by atoms with E-state index in [1.165, 1.54) is 9.36 Å². The molecule has 2 atom stereocenters. The van der Waals surface area contributed by atoms with Gasteiger partial charge in [0.25, 0.3) is 12.4 Å². The molecular weight excluding hydrogens is 883 g/mol. The molecule has 19 heteroatoms. The molecule has 4 amide bonds. The van der Waals surface area contributed by atoms with E-state index in [9.17, 15) is 28.8 Å². The second-order valence-electron chi connectivity index (χ2n) is 17.5. The van der Waals surface area contributed by atoms with Gasteiger partial charge in [-0.2, -0.15) is 9.36 Å². The minimum atomic E-state index is -0.967. The normalized spacial score (nSPS) is 16.6. The van der Waals surface area contributed by atoms with Gasteiger partial charge in [-0.25, -0.2) is 14.2 Å². The smallest absolute Gasteiger partial charge is 0.352 e. The highest BCUT2D eigenvalue weighted by atomic mass is 16.3. The Bertz CT molecular complexity index is 2680. The summed E-state index contributed by atoms with van der Waals surface area (Å²) in [5.41, 5.74) is 13.7. The molecule has 0 spiro atoms. The number of nitrogens with zero attached hydrogens (tertiary/aromatic N) is 6. The van der Waals surface area contributed by atoms with Crippen LogP contribution in [0, 0.1) is 5.41 Å². The molecule has 3 aliphatic rings. The average Bonchev–Trinajstić information content (AvgIpc) is 3.87. The van der Waals surface area contributed by atoms with Gasteiger partial charge < -0.3 is 37.4 Å². The van der Waals surface area contributed by atoms with Gasteiger partial charge in [0.2, 0.25) is 17.7 Å². The van der Waals surface area contributed by atoms with Crippen LogP contribution in [0.1, 0.15) is 78.9 Å². The van der Waals surface area contributed by atoms with E-state index < -0.39 is 28.7 Å². The van der Waals surface area contributed by atoms with Gasteiger partial charge in [-0.1, -0.05) is 85.6 Å². The number of piperazine rings is 1. The molecule has 2 unspecified atom stereocenters. The number of rotatable bonds is 16. The lowest BCUT2D eigenvalue weighted by Crippen LogP contribution is -2.51. The van der Waals surface area contributed by atoms with Crippen molar-refractivity contribution in [3.05, 3.63) is 147 Å². The first-order chi connectivity index (χ1) is 33.4. The Morgan fingerprint density at radius 1 is 0.783 bits per heavy atom. The van der Waals surface area contributed by atoms with Gasteiger partial charge in [0.15, 0.2) is 5.96 Å². The molecule has 5 aromatic rings. The summed E-state index contributed by atoms with van der Waals surface area (Å²) in [4.78, 5) is 99.3. The summed E-state index contributed by atoms with van der Waals surface area (Å²) in [5, 5.41) is 15.7. The van der Waals surface area contributed by atoms with Crippen molar-refractivity contribution >= 4 is 41.7 Å². The highest BCUT2D eigenvalue weighted by molar-refractivity contribution is 6.07. The zero-order valence-corrected chi connectivity index (χ0v) is 38.4. The van der Waals surface area contributed by atoms with Crippen LogP contribution in [0.3, 0.4) is 0 Å². The largest absolute Gasteiger partial charge is 0.483 e. The second-order valence-corrected chi connectivity index (χ2v) is 17.5. The predicted octanol–water partition coefficient (Wildman–Crippen LogP) is 2.99. The van der Waals surface area contributed by atoms with Gasteiger partial charge in [0.1, 0.15) is 6.04 Å². The van der Waals surface area contributed by atoms with E-state index >= 15 is 0 Å². The first-order valence-electron chi connectivity index (χ1n) is 23.2. The second kappa shape index (κ2) is 22.8. The first kappa shape index (κ1) is 49.1. The maximum Gasteiger partial charge on any atom is 0.352 e. The Kier molecular flexibility index (Phi) is 16.2. The average molecular weight is 942 g/mol. The maximum absolute atomic E-state index is 14.1. The molecule has 69 heavy (non-hydrogen) atoms. The summed E-state index contributed by atoms with van der Waals surface area (Å²) < 4.78 is 3.67. The van der Waals surface area contributed by atoms with Gasteiger partial charge in [-0.3, -0.25) is 33.9 Å². The SMILES string of the molecule is NC(N)=NCCCC(NC(=O)CC1(CC(=O)N2CCN(C3c4ccccc4NC(=O)c4ccccc43)CC2)CCCC1)C(=O)NCCn1c(=O)n(-c2ccccc2)n(-c2ccccc2)c1=O.O=CO. The molecule has 3 heterocycles. The fourth-order valence-corrected chi connectivity index (χ4v) is 9.78. The minimum Gasteiger partial charge on any atom is -0.483 e. The molecule has 1 saturated heterocycles.